The number of nitrogens with zero attached hydrogens (tertiary/aromatic N) is 3. The molecule has 2 N–H and O–H groups in total. The number of benzene rings is 2. The Morgan fingerprint density at radius 2 is 1.84 bits per heavy atom. The lowest BCUT2D eigenvalue weighted by Crippen LogP contribution is -2.23. The van der Waals surface area contributed by atoms with Crippen molar-refractivity contribution in [1.82, 2.24) is 20.5 Å². The van der Waals surface area contributed by atoms with E-state index in [-0.39, 0.29) is 5.91 Å². The van der Waals surface area contributed by atoms with Gasteiger partial charge in [0, 0.05) is 55.4 Å². The number of pyridine rings is 1. The van der Waals surface area contributed by atoms with Crippen molar-refractivity contribution in [2.24, 2.45) is 0 Å². The molecule has 6 heteroatoms. The van der Waals surface area contributed by atoms with E-state index < -0.39 is 0 Å². The van der Waals surface area contributed by atoms with Crippen LogP contribution in [0, 0.1) is 6.92 Å². The summed E-state index contributed by atoms with van der Waals surface area (Å²) in [6.45, 7) is 2.50. The lowest BCUT2D eigenvalue weighted by atomic mass is 9.99. The van der Waals surface area contributed by atoms with Gasteiger partial charge in [0.2, 0.25) is 0 Å². The molecule has 0 aliphatic rings. The van der Waals surface area contributed by atoms with Crippen LogP contribution in [0.15, 0.2) is 73.2 Å². The van der Waals surface area contributed by atoms with Crippen LogP contribution in [0.2, 0.25) is 0 Å². The summed E-state index contributed by atoms with van der Waals surface area (Å²) in [6.07, 6.45) is 5.49. The predicted octanol–water partition coefficient (Wildman–Crippen LogP) is 4.44. The monoisotopic (exact) mass is 411 g/mol. The molecule has 0 saturated heterocycles. The van der Waals surface area contributed by atoms with Gasteiger partial charge in [0.05, 0.1) is 11.9 Å². The largest absolute Gasteiger partial charge is 0.378 e. The Kier molecular flexibility index (Phi) is 5.80. The number of hydrogen-bond donors (Lipinski definition) is 2. The van der Waals surface area contributed by atoms with Crippen LogP contribution in [0.1, 0.15) is 21.5 Å². The predicted molar refractivity (Wildman–Crippen MR) is 124 cm³/mol. The number of rotatable bonds is 6. The molecule has 0 aliphatic carbocycles. The standard InChI is InChI=1S/C25H25N5O/c1-17-14-26-12-11-22(17)23-16-28-29-24(23)19-9-7-18(8-10-19)15-27-25(31)20-5-4-6-21(13-20)30(2)3/h4-14,16H,15H2,1-3H3,(H,27,31)(H,28,29). The van der Waals surface area contributed by atoms with E-state index in [1.165, 1.54) is 0 Å². The van der Waals surface area contributed by atoms with Crippen LogP contribution >= 0.6 is 0 Å². The van der Waals surface area contributed by atoms with Crippen LogP contribution in [-0.4, -0.2) is 35.2 Å². The Balaban J connectivity index is 1.47. The molecule has 0 saturated carbocycles. The summed E-state index contributed by atoms with van der Waals surface area (Å²) < 4.78 is 0. The summed E-state index contributed by atoms with van der Waals surface area (Å²) in [7, 11) is 3.92. The summed E-state index contributed by atoms with van der Waals surface area (Å²) in [5.74, 6) is -0.0863. The minimum Gasteiger partial charge on any atom is -0.378 e. The zero-order valence-electron chi connectivity index (χ0n) is 17.9. The summed E-state index contributed by atoms with van der Waals surface area (Å²) in [6, 6.07) is 17.7. The first kappa shape index (κ1) is 20.3. The van der Waals surface area contributed by atoms with Crippen molar-refractivity contribution in [3.63, 3.8) is 0 Å². The van der Waals surface area contributed by atoms with Crippen molar-refractivity contribution in [1.29, 1.82) is 0 Å². The molecule has 0 radical (unpaired) electrons. The number of nitrogens with one attached hydrogen (secondary N) is 2. The quantitative estimate of drug-likeness (QED) is 0.492. The molecule has 0 fully saturated rings. The Hall–Kier alpha value is -3.93. The first-order valence-electron chi connectivity index (χ1n) is 10.1. The molecule has 156 valence electrons. The molecule has 2 heterocycles. The van der Waals surface area contributed by atoms with Crippen molar-refractivity contribution in [3.05, 3.63) is 89.9 Å². The van der Waals surface area contributed by atoms with Crippen molar-refractivity contribution in [3.8, 4) is 22.4 Å². The van der Waals surface area contributed by atoms with Gasteiger partial charge in [-0.15, -0.1) is 0 Å². The van der Waals surface area contributed by atoms with Gasteiger partial charge in [0.15, 0.2) is 0 Å². The van der Waals surface area contributed by atoms with E-state index in [1.54, 1.807) is 6.20 Å². The Labute approximate surface area is 182 Å². The number of carbonyl (C=O) groups excluding carboxylic acids is 1. The van der Waals surface area contributed by atoms with Crippen LogP contribution in [0.4, 0.5) is 5.69 Å². The van der Waals surface area contributed by atoms with Crippen molar-refractivity contribution < 1.29 is 4.79 Å². The van der Waals surface area contributed by atoms with Gasteiger partial charge < -0.3 is 10.2 Å². The minimum atomic E-state index is -0.0863. The maximum Gasteiger partial charge on any atom is 0.251 e. The molecule has 0 spiro atoms. The van der Waals surface area contributed by atoms with E-state index in [0.29, 0.717) is 12.1 Å². The van der Waals surface area contributed by atoms with Gasteiger partial charge in [-0.1, -0.05) is 30.3 Å². The number of H-pyrrole nitrogens is 1. The average molecular weight is 412 g/mol. The fourth-order valence-corrected chi connectivity index (χ4v) is 3.48. The van der Waals surface area contributed by atoms with Crippen molar-refractivity contribution >= 4 is 11.6 Å². The molecule has 6 nitrogen and oxygen atoms in total. The Morgan fingerprint density at radius 1 is 1.03 bits per heavy atom. The molecule has 0 atom stereocenters. The van der Waals surface area contributed by atoms with Gasteiger partial charge in [-0.05, 0) is 47.9 Å². The maximum absolute atomic E-state index is 12.5. The molecule has 0 unspecified atom stereocenters. The third-order valence-corrected chi connectivity index (χ3v) is 5.27. The second-order valence-electron chi connectivity index (χ2n) is 7.67. The zero-order chi connectivity index (χ0) is 21.8. The van der Waals surface area contributed by atoms with Crippen LogP contribution in [-0.2, 0) is 6.54 Å². The molecule has 31 heavy (non-hydrogen) atoms. The number of aromatic nitrogens is 3. The van der Waals surface area contributed by atoms with Crippen LogP contribution in [0.25, 0.3) is 22.4 Å². The number of anilines is 1. The number of aromatic amines is 1. The van der Waals surface area contributed by atoms with Gasteiger partial charge in [-0.2, -0.15) is 5.10 Å². The van der Waals surface area contributed by atoms with Gasteiger partial charge in [-0.3, -0.25) is 14.9 Å². The fourth-order valence-electron chi connectivity index (χ4n) is 3.48. The molecular formula is C25H25N5O. The number of amides is 1. The van der Waals surface area contributed by atoms with Crippen molar-refractivity contribution in [2.75, 3.05) is 19.0 Å². The smallest absolute Gasteiger partial charge is 0.251 e. The minimum absolute atomic E-state index is 0.0863. The van der Waals surface area contributed by atoms with E-state index in [1.807, 2.05) is 92.9 Å². The van der Waals surface area contributed by atoms with E-state index in [0.717, 1.165) is 39.2 Å². The Bertz CT molecular complexity index is 1190. The highest BCUT2D eigenvalue weighted by Crippen LogP contribution is 2.31. The van der Waals surface area contributed by atoms with E-state index in [2.05, 4.69) is 20.5 Å². The molecule has 2 aromatic carbocycles. The van der Waals surface area contributed by atoms with Crippen LogP contribution < -0.4 is 10.2 Å². The molecule has 4 aromatic rings. The third kappa shape index (κ3) is 4.48. The fraction of sp³-hybridized carbons (Fsp3) is 0.160. The second kappa shape index (κ2) is 8.83. The highest BCUT2D eigenvalue weighted by atomic mass is 16.1. The summed E-state index contributed by atoms with van der Waals surface area (Å²) >= 11 is 0. The highest BCUT2D eigenvalue weighted by molar-refractivity contribution is 5.95. The lowest BCUT2D eigenvalue weighted by molar-refractivity contribution is 0.0951. The van der Waals surface area contributed by atoms with Gasteiger partial charge in [0.1, 0.15) is 0 Å². The van der Waals surface area contributed by atoms with Crippen molar-refractivity contribution in [2.45, 2.75) is 13.5 Å². The molecule has 0 bridgehead atoms. The number of hydrogen-bond acceptors (Lipinski definition) is 4. The average Bonchev–Trinajstić information content (AvgIpc) is 3.28. The first-order valence-corrected chi connectivity index (χ1v) is 10.1. The first-order chi connectivity index (χ1) is 15.0. The van der Waals surface area contributed by atoms with E-state index in [9.17, 15) is 4.79 Å². The molecule has 0 aliphatic heterocycles. The van der Waals surface area contributed by atoms with Gasteiger partial charge in [-0.25, -0.2) is 0 Å². The maximum atomic E-state index is 12.5. The molecule has 2 aromatic heterocycles. The second-order valence-corrected chi connectivity index (χ2v) is 7.67. The van der Waals surface area contributed by atoms with Crippen LogP contribution in [0.5, 0.6) is 0 Å². The third-order valence-electron chi connectivity index (χ3n) is 5.27. The van der Waals surface area contributed by atoms with E-state index >= 15 is 0 Å². The zero-order valence-corrected chi connectivity index (χ0v) is 17.9. The van der Waals surface area contributed by atoms with Crippen LogP contribution in [0.3, 0.4) is 0 Å². The number of carbonyl (C=O) groups is 1. The van der Waals surface area contributed by atoms with Gasteiger partial charge in [0.25, 0.3) is 5.91 Å². The Morgan fingerprint density at radius 3 is 2.58 bits per heavy atom. The summed E-state index contributed by atoms with van der Waals surface area (Å²) in [5, 5.41) is 10.4. The van der Waals surface area contributed by atoms with E-state index in [4.69, 9.17) is 0 Å². The van der Waals surface area contributed by atoms with Gasteiger partial charge >= 0.3 is 0 Å². The molecule has 4 rings (SSSR count). The number of aryl methyl sites for hydroxylation is 1. The normalized spacial score (nSPS) is 10.7. The molecule has 1 amide bonds. The lowest BCUT2D eigenvalue weighted by Gasteiger charge is -2.13. The SMILES string of the molecule is Cc1cnccc1-c1cn[nH]c1-c1ccc(CNC(=O)c2cccc(N(C)C)c2)cc1. The highest BCUT2D eigenvalue weighted by Gasteiger charge is 2.12. The topological polar surface area (TPSA) is 73.9 Å². The summed E-state index contributed by atoms with van der Waals surface area (Å²) in [5.41, 5.74) is 7.93. The molecular weight excluding hydrogens is 386 g/mol. The summed E-state index contributed by atoms with van der Waals surface area (Å²) in [4.78, 5) is 18.7.